The Balaban J connectivity index is 1.87. The molecular weight excluding hydrogens is 380 g/mol. The maximum absolute atomic E-state index is 12.9. The summed E-state index contributed by atoms with van der Waals surface area (Å²) in [7, 11) is 0. The van der Waals surface area contributed by atoms with E-state index in [1.165, 1.54) is 5.56 Å². The Labute approximate surface area is 179 Å². The van der Waals surface area contributed by atoms with Gasteiger partial charge in [-0.1, -0.05) is 56.3 Å². The van der Waals surface area contributed by atoms with Crippen molar-refractivity contribution in [3.05, 3.63) is 48.0 Å². The Morgan fingerprint density at radius 2 is 1.87 bits per heavy atom. The molecule has 0 bridgehead atoms. The molecule has 1 fully saturated rings. The summed E-state index contributed by atoms with van der Waals surface area (Å²) in [5, 5.41) is 29.9. The highest BCUT2D eigenvalue weighted by atomic mass is 16.4. The second kappa shape index (κ2) is 11.4. The van der Waals surface area contributed by atoms with E-state index in [2.05, 4.69) is 0 Å². The molecule has 1 aliphatic carbocycles. The van der Waals surface area contributed by atoms with Gasteiger partial charge in [0.2, 0.25) is 0 Å². The normalized spacial score (nSPS) is 24.4. The van der Waals surface area contributed by atoms with Gasteiger partial charge in [0.15, 0.2) is 0 Å². The lowest BCUT2D eigenvalue weighted by Crippen LogP contribution is -2.32. The molecule has 0 aliphatic heterocycles. The Morgan fingerprint density at radius 3 is 2.53 bits per heavy atom. The average molecular weight is 417 g/mol. The van der Waals surface area contributed by atoms with Gasteiger partial charge in [-0.25, -0.2) is 0 Å². The Kier molecular flexibility index (Phi) is 9.25. The molecule has 0 heterocycles. The maximum atomic E-state index is 12.9. The first kappa shape index (κ1) is 24.3. The number of carboxylic acid groups (broad SMARTS) is 1. The fourth-order valence-electron chi connectivity index (χ4n) is 4.45. The predicted molar refractivity (Wildman–Crippen MR) is 117 cm³/mol. The number of aliphatic hydroxyl groups is 2. The summed E-state index contributed by atoms with van der Waals surface area (Å²) in [6, 6.07) is 10.1. The third kappa shape index (κ3) is 6.78. The Morgan fingerprint density at radius 1 is 1.17 bits per heavy atom. The van der Waals surface area contributed by atoms with E-state index in [4.69, 9.17) is 5.11 Å². The molecule has 3 N–H and O–H groups in total. The number of ketones is 1. The smallest absolute Gasteiger partial charge is 0.303 e. The summed E-state index contributed by atoms with van der Waals surface area (Å²) in [5.74, 6) is -1.14. The number of aliphatic hydroxyl groups excluding tert-OH is 2. The Hall–Kier alpha value is -1.98. The van der Waals surface area contributed by atoms with Crippen LogP contribution in [-0.4, -0.2) is 39.3 Å². The molecule has 0 radical (unpaired) electrons. The van der Waals surface area contributed by atoms with Gasteiger partial charge in [-0.2, -0.15) is 0 Å². The zero-order valence-corrected chi connectivity index (χ0v) is 18.2. The largest absolute Gasteiger partial charge is 0.481 e. The van der Waals surface area contributed by atoms with Gasteiger partial charge in [-0.15, -0.1) is 0 Å². The molecule has 1 saturated carbocycles. The molecular formula is C25H36O5. The van der Waals surface area contributed by atoms with Crippen molar-refractivity contribution in [2.45, 2.75) is 77.4 Å². The van der Waals surface area contributed by atoms with Gasteiger partial charge in [0, 0.05) is 17.8 Å². The quantitative estimate of drug-likeness (QED) is 0.351. The summed E-state index contributed by atoms with van der Waals surface area (Å²) >= 11 is 0. The molecule has 1 aromatic carbocycles. The van der Waals surface area contributed by atoms with E-state index < -0.39 is 23.6 Å². The molecule has 0 spiro atoms. The zero-order chi connectivity index (χ0) is 22.1. The third-order valence-electron chi connectivity index (χ3n) is 6.39. The van der Waals surface area contributed by atoms with Crippen LogP contribution in [0.25, 0.3) is 0 Å². The lowest BCUT2D eigenvalue weighted by atomic mass is 9.84. The summed E-state index contributed by atoms with van der Waals surface area (Å²) in [4.78, 5) is 23.5. The number of carbonyl (C=O) groups is 2. The number of aryl methyl sites for hydroxylation is 1. The second-order valence-corrected chi connectivity index (χ2v) is 9.05. The molecule has 1 aliphatic rings. The highest BCUT2D eigenvalue weighted by Crippen LogP contribution is 2.46. The average Bonchev–Trinajstić information content (AvgIpc) is 2.88. The van der Waals surface area contributed by atoms with E-state index in [0.717, 1.165) is 6.42 Å². The summed E-state index contributed by atoms with van der Waals surface area (Å²) in [5.41, 5.74) is 0.418. The molecule has 166 valence electrons. The van der Waals surface area contributed by atoms with Gasteiger partial charge in [0.05, 0.1) is 12.2 Å². The molecule has 4 atom stereocenters. The number of hydrogen-bond acceptors (Lipinski definition) is 4. The number of benzene rings is 1. The Bertz CT molecular complexity index is 710. The van der Waals surface area contributed by atoms with E-state index in [1.54, 1.807) is 13.8 Å². The maximum Gasteiger partial charge on any atom is 0.303 e. The van der Waals surface area contributed by atoms with Crippen molar-refractivity contribution in [3.63, 3.8) is 0 Å². The standard InChI is InChI=1S/C25H36O5/c1-25(2)23(29)20(12-8-3-4-9-13-22(27)28)21(24(25)30)17-16-19(26)15-14-18-10-6-5-7-11-18/h3,5-8,10-11,19-21,24,26,30H,4,9,12-17H2,1-2H3,(H,27,28)/b8-3+. The molecule has 1 aromatic rings. The van der Waals surface area contributed by atoms with Crippen LogP contribution in [0.15, 0.2) is 42.5 Å². The summed E-state index contributed by atoms with van der Waals surface area (Å²) in [6.45, 7) is 3.60. The monoisotopic (exact) mass is 416 g/mol. The minimum absolute atomic E-state index is 0.0777. The molecule has 0 saturated heterocycles. The van der Waals surface area contributed by atoms with Crippen molar-refractivity contribution >= 4 is 11.8 Å². The molecule has 0 aromatic heterocycles. The van der Waals surface area contributed by atoms with Crippen LogP contribution in [0.1, 0.15) is 64.4 Å². The van der Waals surface area contributed by atoms with Crippen molar-refractivity contribution < 1.29 is 24.9 Å². The van der Waals surface area contributed by atoms with Gasteiger partial charge < -0.3 is 15.3 Å². The molecule has 2 rings (SSSR count). The van der Waals surface area contributed by atoms with Crippen molar-refractivity contribution in [1.29, 1.82) is 0 Å². The van der Waals surface area contributed by atoms with Gasteiger partial charge in [0.25, 0.3) is 0 Å². The molecule has 0 amide bonds. The number of unbranched alkanes of at least 4 members (excludes halogenated alkanes) is 1. The fraction of sp³-hybridized carbons (Fsp3) is 0.600. The van der Waals surface area contributed by atoms with Gasteiger partial charge in [-0.05, 0) is 56.4 Å². The third-order valence-corrected chi connectivity index (χ3v) is 6.39. The van der Waals surface area contributed by atoms with Crippen molar-refractivity contribution in [2.75, 3.05) is 0 Å². The van der Waals surface area contributed by atoms with E-state index >= 15 is 0 Å². The number of hydrogen-bond donors (Lipinski definition) is 3. The number of Topliss-reactive ketones (excluding diaryl/α,β-unsaturated/α-hetero) is 1. The van der Waals surface area contributed by atoms with Crippen LogP contribution in [-0.2, 0) is 16.0 Å². The SMILES string of the molecule is CC1(C)C(=O)C(C/C=C/CCCC(=O)O)C(CCC(O)CCc2ccccc2)C1O. The van der Waals surface area contributed by atoms with Crippen LogP contribution in [0.3, 0.4) is 0 Å². The minimum Gasteiger partial charge on any atom is -0.481 e. The lowest BCUT2D eigenvalue weighted by Gasteiger charge is -2.25. The fourth-order valence-corrected chi connectivity index (χ4v) is 4.45. The first-order valence-corrected chi connectivity index (χ1v) is 11.0. The van der Waals surface area contributed by atoms with Crippen LogP contribution in [0.4, 0.5) is 0 Å². The highest BCUT2D eigenvalue weighted by Gasteiger charge is 2.53. The predicted octanol–water partition coefficient (Wildman–Crippen LogP) is 4.16. The van der Waals surface area contributed by atoms with Gasteiger partial charge in [0.1, 0.15) is 5.78 Å². The molecule has 5 heteroatoms. The summed E-state index contributed by atoms with van der Waals surface area (Å²) < 4.78 is 0. The molecule has 4 unspecified atom stereocenters. The van der Waals surface area contributed by atoms with Crippen LogP contribution >= 0.6 is 0 Å². The molecule has 30 heavy (non-hydrogen) atoms. The zero-order valence-electron chi connectivity index (χ0n) is 18.2. The molecule has 5 nitrogen and oxygen atoms in total. The summed E-state index contributed by atoms with van der Waals surface area (Å²) in [6.07, 6.45) is 7.30. The number of rotatable bonds is 12. The minimum atomic E-state index is -0.801. The van der Waals surface area contributed by atoms with Crippen molar-refractivity contribution in [3.8, 4) is 0 Å². The van der Waals surface area contributed by atoms with E-state index in [-0.39, 0.29) is 24.0 Å². The number of allylic oxidation sites excluding steroid dienone is 2. The van der Waals surface area contributed by atoms with E-state index in [1.807, 2.05) is 42.5 Å². The first-order valence-electron chi connectivity index (χ1n) is 11.0. The first-order chi connectivity index (χ1) is 14.2. The number of carbonyl (C=O) groups excluding carboxylic acids is 1. The van der Waals surface area contributed by atoms with Crippen LogP contribution < -0.4 is 0 Å². The lowest BCUT2D eigenvalue weighted by molar-refractivity contribution is -0.137. The van der Waals surface area contributed by atoms with Crippen molar-refractivity contribution in [2.24, 2.45) is 17.3 Å². The van der Waals surface area contributed by atoms with Crippen LogP contribution in [0, 0.1) is 17.3 Å². The second-order valence-electron chi connectivity index (χ2n) is 9.05. The number of carboxylic acids is 1. The van der Waals surface area contributed by atoms with Gasteiger partial charge >= 0.3 is 5.97 Å². The van der Waals surface area contributed by atoms with Gasteiger partial charge in [-0.3, -0.25) is 9.59 Å². The van der Waals surface area contributed by atoms with E-state index in [9.17, 15) is 19.8 Å². The number of aliphatic carboxylic acids is 1. The van der Waals surface area contributed by atoms with Crippen LogP contribution in [0.2, 0.25) is 0 Å². The van der Waals surface area contributed by atoms with Crippen molar-refractivity contribution in [1.82, 2.24) is 0 Å². The highest BCUT2D eigenvalue weighted by molar-refractivity contribution is 5.90. The topological polar surface area (TPSA) is 94.8 Å². The van der Waals surface area contributed by atoms with Crippen LogP contribution in [0.5, 0.6) is 0 Å². The van der Waals surface area contributed by atoms with E-state index in [0.29, 0.717) is 38.5 Å².